The lowest BCUT2D eigenvalue weighted by molar-refractivity contribution is -0.122. The van der Waals surface area contributed by atoms with Gasteiger partial charge < -0.3 is 15.6 Å². The third-order valence-corrected chi connectivity index (χ3v) is 4.69. The van der Waals surface area contributed by atoms with E-state index in [-0.39, 0.29) is 11.8 Å². The lowest BCUT2D eigenvalue weighted by Crippen LogP contribution is -2.45. The molecule has 0 spiro atoms. The number of nitrogens with one attached hydrogen (secondary N) is 3. The molecule has 5 nitrogen and oxygen atoms in total. The van der Waals surface area contributed by atoms with Gasteiger partial charge in [-0.3, -0.25) is 9.59 Å². The molecule has 23 heavy (non-hydrogen) atoms. The molecular weight excluding hydrogens is 290 g/mol. The van der Waals surface area contributed by atoms with Gasteiger partial charge in [-0.25, -0.2) is 0 Å². The molecule has 1 atom stereocenters. The maximum Gasteiger partial charge on any atom is 0.268 e. The van der Waals surface area contributed by atoms with E-state index < -0.39 is 6.04 Å². The van der Waals surface area contributed by atoms with Crippen molar-refractivity contribution in [3.8, 4) is 0 Å². The molecule has 1 aliphatic heterocycles. The number of carbonyl (C=O) groups excluding carboxylic acids is 2. The highest BCUT2D eigenvalue weighted by Crippen LogP contribution is 2.27. The van der Waals surface area contributed by atoms with E-state index in [0.717, 1.165) is 40.4 Å². The molecule has 1 aliphatic rings. The number of rotatable bonds is 2. The van der Waals surface area contributed by atoms with E-state index in [1.165, 1.54) is 0 Å². The van der Waals surface area contributed by atoms with E-state index in [2.05, 4.69) is 21.7 Å². The molecule has 122 valence electrons. The molecule has 0 saturated carbocycles. The SMILES string of the molecule is Cc1ccc(C)c2c(C)c(C(=O)N[C@@H]3CCCCNC3=O)[nH]c12. The monoisotopic (exact) mass is 313 g/mol. The maximum absolute atomic E-state index is 12.7. The highest BCUT2D eigenvalue weighted by molar-refractivity contribution is 6.04. The van der Waals surface area contributed by atoms with Gasteiger partial charge in [0.15, 0.2) is 0 Å². The van der Waals surface area contributed by atoms with Crippen LogP contribution in [0.1, 0.15) is 46.4 Å². The number of hydrogen-bond donors (Lipinski definition) is 3. The van der Waals surface area contributed by atoms with Gasteiger partial charge in [0.05, 0.1) is 0 Å². The van der Waals surface area contributed by atoms with Gasteiger partial charge in [-0.15, -0.1) is 0 Å². The van der Waals surface area contributed by atoms with E-state index in [9.17, 15) is 9.59 Å². The molecular formula is C18H23N3O2. The Morgan fingerprint density at radius 2 is 1.91 bits per heavy atom. The van der Waals surface area contributed by atoms with Crippen molar-refractivity contribution >= 4 is 22.7 Å². The second-order valence-corrected chi connectivity index (χ2v) is 6.39. The van der Waals surface area contributed by atoms with Crippen molar-refractivity contribution in [2.45, 2.75) is 46.1 Å². The Morgan fingerprint density at radius 3 is 2.65 bits per heavy atom. The molecule has 2 amide bonds. The third kappa shape index (κ3) is 2.83. The summed E-state index contributed by atoms with van der Waals surface area (Å²) in [4.78, 5) is 27.9. The molecule has 2 heterocycles. The summed E-state index contributed by atoms with van der Waals surface area (Å²) in [6, 6.07) is 3.67. The van der Waals surface area contributed by atoms with Gasteiger partial charge in [0.25, 0.3) is 5.91 Å². The van der Waals surface area contributed by atoms with Crippen LogP contribution < -0.4 is 10.6 Å². The van der Waals surface area contributed by atoms with Crippen molar-refractivity contribution in [3.05, 3.63) is 34.5 Å². The molecule has 2 aromatic rings. The molecule has 0 unspecified atom stereocenters. The summed E-state index contributed by atoms with van der Waals surface area (Å²) in [5.41, 5.74) is 4.74. The topological polar surface area (TPSA) is 74.0 Å². The van der Waals surface area contributed by atoms with Crippen LogP contribution in [0, 0.1) is 20.8 Å². The van der Waals surface area contributed by atoms with Crippen LogP contribution in [0.25, 0.3) is 10.9 Å². The Kier molecular flexibility index (Phi) is 4.11. The number of hydrogen-bond acceptors (Lipinski definition) is 2. The second kappa shape index (κ2) is 6.07. The van der Waals surface area contributed by atoms with E-state index >= 15 is 0 Å². The van der Waals surface area contributed by atoms with Crippen molar-refractivity contribution in [1.29, 1.82) is 0 Å². The zero-order valence-corrected chi connectivity index (χ0v) is 13.9. The number of amides is 2. The fourth-order valence-electron chi connectivity index (χ4n) is 3.33. The first-order chi connectivity index (χ1) is 11.0. The van der Waals surface area contributed by atoms with E-state index in [1.54, 1.807) is 0 Å². The summed E-state index contributed by atoms with van der Waals surface area (Å²) in [6.07, 6.45) is 2.59. The summed E-state index contributed by atoms with van der Waals surface area (Å²) >= 11 is 0. The Balaban J connectivity index is 1.92. The molecule has 3 N–H and O–H groups in total. The number of benzene rings is 1. The smallest absolute Gasteiger partial charge is 0.268 e. The summed E-state index contributed by atoms with van der Waals surface area (Å²) in [5.74, 6) is -0.295. The highest BCUT2D eigenvalue weighted by atomic mass is 16.2. The molecule has 1 aromatic heterocycles. The van der Waals surface area contributed by atoms with Gasteiger partial charge in [0.1, 0.15) is 11.7 Å². The standard InChI is InChI=1S/C18H23N3O2/c1-10-7-8-11(2)15-14(10)12(3)16(21-15)18(23)20-13-6-4-5-9-19-17(13)22/h7-8,13,21H,4-6,9H2,1-3H3,(H,19,22)(H,20,23)/t13-/m1/s1. The van der Waals surface area contributed by atoms with Crippen LogP contribution in [0.5, 0.6) is 0 Å². The number of aryl methyl sites for hydroxylation is 3. The Morgan fingerprint density at radius 1 is 1.17 bits per heavy atom. The van der Waals surface area contributed by atoms with Gasteiger partial charge in [0, 0.05) is 17.4 Å². The zero-order chi connectivity index (χ0) is 16.6. The van der Waals surface area contributed by atoms with Crippen molar-refractivity contribution in [3.63, 3.8) is 0 Å². The second-order valence-electron chi connectivity index (χ2n) is 6.39. The lowest BCUT2D eigenvalue weighted by atomic mass is 10.0. The van der Waals surface area contributed by atoms with Crippen molar-refractivity contribution < 1.29 is 9.59 Å². The highest BCUT2D eigenvalue weighted by Gasteiger charge is 2.25. The van der Waals surface area contributed by atoms with Gasteiger partial charge in [-0.05, 0) is 56.7 Å². The maximum atomic E-state index is 12.7. The number of carbonyl (C=O) groups is 2. The molecule has 1 saturated heterocycles. The first-order valence-corrected chi connectivity index (χ1v) is 8.16. The van der Waals surface area contributed by atoms with Crippen LogP contribution in [0.15, 0.2) is 12.1 Å². The van der Waals surface area contributed by atoms with E-state index in [4.69, 9.17) is 0 Å². The van der Waals surface area contributed by atoms with E-state index in [0.29, 0.717) is 18.7 Å². The fraction of sp³-hybridized carbons (Fsp3) is 0.444. The third-order valence-electron chi connectivity index (χ3n) is 4.69. The van der Waals surface area contributed by atoms with Crippen molar-refractivity contribution in [1.82, 2.24) is 15.6 Å². The minimum Gasteiger partial charge on any atom is -0.354 e. The predicted octanol–water partition coefficient (Wildman–Crippen LogP) is 2.49. The largest absolute Gasteiger partial charge is 0.354 e. The van der Waals surface area contributed by atoms with Crippen molar-refractivity contribution in [2.24, 2.45) is 0 Å². The van der Waals surface area contributed by atoms with Crippen LogP contribution in [-0.4, -0.2) is 29.4 Å². The van der Waals surface area contributed by atoms with Crippen LogP contribution >= 0.6 is 0 Å². The summed E-state index contributed by atoms with van der Waals surface area (Å²) < 4.78 is 0. The number of aromatic nitrogens is 1. The first kappa shape index (κ1) is 15.6. The Hall–Kier alpha value is -2.30. The molecule has 0 aliphatic carbocycles. The van der Waals surface area contributed by atoms with Gasteiger partial charge in [0.2, 0.25) is 5.91 Å². The Labute approximate surface area is 135 Å². The minimum absolute atomic E-state index is 0.0861. The zero-order valence-electron chi connectivity index (χ0n) is 13.9. The molecule has 3 rings (SSSR count). The van der Waals surface area contributed by atoms with Crippen LogP contribution in [0.2, 0.25) is 0 Å². The molecule has 1 fully saturated rings. The summed E-state index contributed by atoms with van der Waals surface area (Å²) in [6.45, 7) is 6.71. The minimum atomic E-state index is -0.446. The fourth-order valence-corrected chi connectivity index (χ4v) is 3.33. The molecule has 5 heteroatoms. The number of H-pyrrole nitrogens is 1. The molecule has 0 bridgehead atoms. The van der Waals surface area contributed by atoms with Crippen LogP contribution in [0.4, 0.5) is 0 Å². The summed E-state index contributed by atoms with van der Waals surface area (Å²) in [5, 5.41) is 6.83. The normalized spacial score (nSPS) is 18.6. The molecule has 1 aromatic carbocycles. The number of fused-ring (bicyclic) bond motifs is 1. The number of aromatic amines is 1. The van der Waals surface area contributed by atoms with Crippen LogP contribution in [0.3, 0.4) is 0 Å². The van der Waals surface area contributed by atoms with Gasteiger partial charge in [-0.2, -0.15) is 0 Å². The average molecular weight is 313 g/mol. The first-order valence-electron chi connectivity index (χ1n) is 8.16. The van der Waals surface area contributed by atoms with Crippen molar-refractivity contribution in [2.75, 3.05) is 6.54 Å². The Bertz CT molecular complexity index is 776. The van der Waals surface area contributed by atoms with E-state index in [1.807, 2.05) is 26.8 Å². The molecule has 0 radical (unpaired) electrons. The van der Waals surface area contributed by atoms with Gasteiger partial charge >= 0.3 is 0 Å². The van der Waals surface area contributed by atoms with Crippen LogP contribution in [-0.2, 0) is 4.79 Å². The quantitative estimate of drug-likeness (QED) is 0.797. The average Bonchev–Trinajstić information content (AvgIpc) is 2.75. The lowest BCUT2D eigenvalue weighted by Gasteiger charge is -2.14. The summed E-state index contributed by atoms with van der Waals surface area (Å²) in [7, 11) is 0. The predicted molar refractivity (Wildman–Crippen MR) is 90.6 cm³/mol. The van der Waals surface area contributed by atoms with Gasteiger partial charge in [-0.1, -0.05) is 12.1 Å².